The van der Waals surface area contributed by atoms with E-state index in [4.69, 9.17) is 4.74 Å². The molecule has 2 unspecified atom stereocenters. The molecule has 0 fully saturated rings. The van der Waals surface area contributed by atoms with Crippen LogP contribution in [0.3, 0.4) is 0 Å². The lowest BCUT2D eigenvalue weighted by Crippen LogP contribution is -2.45. The second kappa shape index (κ2) is 11.9. The van der Waals surface area contributed by atoms with Crippen molar-refractivity contribution in [1.29, 1.82) is 0 Å². The molecule has 0 heterocycles. The lowest BCUT2D eigenvalue weighted by molar-refractivity contribution is -0.138. The van der Waals surface area contributed by atoms with Crippen LogP contribution in [0.5, 0.6) is 0 Å². The number of hydrogen-bond donors (Lipinski definition) is 3. The fraction of sp³-hybridized carbons (Fsp3) is 0.385. The monoisotopic (exact) mass is 498 g/mol. The Morgan fingerprint density at radius 3 is 2.06 bits per heavy atom. The first kappa shape index (κ1) is 26.3. The molecular weight excluding hydrogens is 468 g/mol. The molecule has 0 aromatic heterocycles. The summed E-state index contributed by atoms with van der Waals surface area (Å²) >= 11 is 1.06. The van der Waals surface area contributed by atoms with Crippen molar-refractivity contribution in [3.05, 3.63) is 59.7 Å². The molecular formula is C26H30N2O6S. The lowest BCUT2D eigenvalue weighted by atomic mass is 9.98. The highest BCUT2D eigenvalue weighted by molar-refractivity contribution is 8.00. The van der Waals surface area contributed by atoms with Crippen LogP contribution in [-0.4, -0.2) is 59.1 Å². The van der Waals surface area contributed by atoms with Gasteiger partial charge in [0.2, 0.25) is 5.91 Å². The minimum absolute atomic E-state index is 0.0284. The Labute approximate surface area is 208 Å². The third-order valence-electron chi connectivity index (χ3n) is 5.87. The van der Waals surface area contributed by atoms with Gasteiger partial charge in [-0.25, -0.2) is 9.59 Å². The van der Waals surface area contributed by atoms with E-state index in [2.05, 4.69) is 10.6 Å². The first-order chi connectivity index (χ1) is 16.7. The number of carboxylic acids is 1. The molecule has 2 atom stereocenters. The Bertz CT molecular complexity index is 1060. The van der Waals surface area contributed by atoms with Crippen LogP contribution < -0.4 is 10.6 Å². The summed E-state index contributed by atoms with van der Waals surface area (Å²) < 4.78 is 5.41. The van der Waals surface area contributed by atoms with E-state index in [9.17, 15) is 24.3 Å². The molecule has 2 aromatic rings. The van der Waals surface area contributed by atoms with Crippen LogP contribution >= 0.6 is 11.8 Å². The number of alkyl carbamates (subject to hydrolysis) is 1. The zero-order valence-electron chi connectivity index (χ0n) is 19.9. The van der Waals surface area contributed by atoms with E-state index in [1.165, 1.54) is 6.92 Å². The van der Waals surface area contributed by atoms with Gasteiger partial charge in [0.05, 0.1) is 11.8 Å². The van der Waals surface area contributed by atoms with Crippen LogP contribution in [0.25, 0.3) is 11.1 Å². The molecule has 9 heteroatoms. The summed E-state index contributed by atoms with van der Waals surface area (Å²) in [7, 11) is 0. The maximum atomic E-state index is 12.4. The third kappa shape index (κ3) is 6.63. The van der Waals surface area contributed by atoms with Crippen LogP contribution in [0.15, 0.2) is 48.5 Å². The standard InChI is InChI=1S/C26H30N2O6S/c1-15(2)24(16(3)29)28-23(30)14-35-13-22(25(31)32)27-26(33)34-12-21-19-10-6-4-8-17(19)18-9-5-7-11-20(18)21/h4-11,15,21-22,24H,12-14H2,1-3H3,(H,27,33)(H,28,30)(H,31,32). The summed E-state index contributed by atoms with van der Waals surface area (Å²) in [5.41, 5.74) is 4.31. The largest absolute Gasteiger partial charge is 0.480 e. The minimum Gasteiger partial charge on any atom is -0.480 e. The number of thioether (sulfide) groups is 1. The average molecular weight is 499 g/mol. The van der Waals surface area contributed by atoms with Crippen molar-refractivity contribution < 1.29 is 29.0 Å². The molecule has 0 bridgehead atoms. The number of benzene rings is 2. The maximum absolute atomic E-state index is 12.4. The number of nitrogens with one attached hydrogen (secondary N) is 2. The van der Waals surface area contributed by atoms with Crippen LogP contribution in [0, 0.1) is 5.92 Å². The van der Waals surface area contributed by atoms with Crippen molar-refractivity contribution in [2.75, 3.05) is 18.1 Å². The normalized spacial score (nSPS) is 13.9. The zero-order chi connectivity index (χ0) is 25.5. The Balaban J connectivity index is 1.51. The van der Waals surface area contributed by atoms with Crippen molar-refractivity contribution in [3.63, 3.8) is 0 Å². The van der Waals surface area contributed by atoms with Gasteiger partial charge in [-0.2, -0.15) is 0 Å². The quantitative estimate of drug-likeness (QED) is 0.434. The topological polar surface area (TPSA) is 122 Å². The second-order valence-corrected chi connectivity index (χ2v) is 9.81. The van der Waals surface area contributed by atoms with Gasteiger partial charge in [-0.15, -0.1) is 11.8 Å². The number of Topliss-reactive ketones (excluding diaryl/α,β-unsaturated/α-hetero) is 1. The molecule has 2 amide bonds. The highest BCUT2D eigenvalue weighted by Gasteiger charge is 2.30. The molecule has 8 nitrogen and oxygen atoms in total. The molecule has 2 aromatic carbocycles. The summed E-state index contributed by atoms with van der Waals surface area (Å²) in [5.74, 6) is -1.98. The average Bonchev–Trinajstić information content (AvgIpc) is 3.13. The molecule has 0 spiro atoms. The number of ether oxygens (including phenoxy) is 1. The number of carbonyl (C=O) groups is 4. The summed E-state index contributed by atoms with van der Waals surface area (Å²) in [5, 5.41) is 14.5. The summed E-state index contributed by atoms with van der Waals surface area (Å²) in [6.45, 7) is 5.15. The van der Waals surface area contributed by atoms with E-state index >= 15 is 0 Å². The number of amides is 2. The molecule has 186 valence electrons. The minimum atomic E-state index is -1.23. The number of fused-ring (bicyclic) bond motifs is 3. The van der Waals surface area contributed by atoms with Gasteiger partial charge in [0.1, 0.15) is 12.6 Å². The van der Waals surface area contributed by atoms with Gasteiger partial charge < -0.3 is 20.5 Å². The Morgan fingerprint density at radius 2 is 1.54 bits per heavy atom. The van der Waals surface area contributed by atoms with Gasteiger partial charge in [0.15, 0.2) is 5.78 Å². The fourth-order valence-corrected chi connectivity index (χ4v) is 5.03. The van der Waals surface area contributed by atoms with Gasteiger partial charge in [-0.3, -0.25) is 9.59 Å². The van der Waals surface area contributed by atoms with E-state index < -0.39 is 24.1 Å². The number of ketones is 1. The molecule has 3 rings (SSSR count). The van der Waals surface area contributed by atoms with Gasteiger partial charge in [0.25, 0.3) is 0 Å². The molecule has 0 saturated carbocycles. The fourth-order valence-electron chi connectivity index (χ4n) is 4.18. The molecule has 35 heavy (non-hydrogen) atoms. The molecule has 0 radical (unpaired) electrons. The van der Waals surface area contributed by atoms with E-state index in [1.807, 2.05) is 62.4 Å². The predicted octanol–water partition coefficient (Wildman–Crippen LogP) is 3.44. The van der Waals surface area contributed by atoms with E-state index in [-0.39, 0.29) is 41.6 Å². The van der Waals surface area contributed by atoms with E-state index in [0.717, 1.165) is 34.0 Å². The van der Waals surface area contributed by atoms with Crippen molar-refractivity contribution >= 4 is 35.5 Å². The van der Waals surface area contributed by atoms with Gasteiger partial charge in [0, 0.05) is 11.7 Å². The summed E-state index contributed by atoms with van der Waals surface area (Å²) in [6, 6.07) is 14.0. The van der Waals surface area contributed by atoms with E-state index in [1.54, 1.807) is 0 Å². The highest BCUT2D eigenvalue weighted by Crippen LogP contribution is 2.44. The number of rotatable bonds is 11. The third-order valence-corrected chi connectivity index (χ3v) is 6.91. The predicted molar refractivity (Wildman–Crippen MR) is 134 cm³/mol. The molecule has 3 N–H and O–H groups in total. The maximum Gasteiger partial charge on any atom is 0.407 e. The number of carbonyl (C=O) groups excluding carboxylic acids is 3. The molecule has 1 aliphatic carbocycles. The van der Waals surface area contributed by atoms with Crippen LogP contribution in [0.2, 0.25) is 0 Å². The Morgan fingerprint density at radius 1 is 0.971 bits per heavy atom. The van der Waals surface area contributed by atoms with Crippen LogP contribution in [0.1, 0.15) is 37.8 Å². The zero-order valence-corrected chi connectivity index (χ0v) is 20.8. The molecule has 1 aliphatic rings. The van der Waals surface area contributed by atoms with Gasteiger partial charge >= 0.3 is 12.1 Å². The summed E-state index contributed by atoms with van der Waals surface area (Å²) in [6.07, 6.45) is -0.833. The Hall–Kier alpha value is -3.33. The number of carboxylic acid groups (broad SMARTS) is 1. The molecule has 0 aliphatic heterocycles. The first-order valence-electron chi connectivity index (χ1n) is 11.4. The highest BCUT2D eigenvalue weighted by atomic mass is 32.2. The second-order valence-electron chi connectivity index (χ2n) is 8.78. The Kier molecular flexibility index (Phi) is 8.92. The van der Waals surface area contributed by atoms with Gasteiger partial charge in [-0.05, 0) is 35.1 Å². The lowest BCUT2D eigenvalue weighted by Gasteiger charge is -2.20. The first-order valence-corrected chi connectivity index (χ1v) is 12.6. The van der Waals surface area contributed by atoms with Crippen molar-refractivity contribution in [2.24, 2.45) is 5.92 Å². The van der Waals surface area contributed by atoms with Crippen LogP contribution in [-0.2, 0) is 19.1 Å². The number of hydrogen-bond acceptors (Lipinski definition) is 6. The van der Waals surface area contributed by atoms with Crippen molar-refractivity contribution in [3.8, 4) is 11.1 Å². The van der Waals surface area contributed by atoms with Crippen molar-refractivity contribution in [2.45, 2.75) is 38.8 Å². The SMILES string of the molecule is CC(=O)C(NC(=O)CSCC(NC(=O)OCC1c2ccccc2-c2ccccc21)C(=O)O)C(C)C. The van der Waals surface area contributed by atoms with E-state index in [0.29, 0.717) is 0 Å². The summed E-state index contributed by atoms with van der Waals surface area (Å²) in [4.78, 5) is 47.8. The van der Waals surface area contributed by atoms with Gasteiger partial charge in [-0.1, -0.05) is 62.4 Å². The number of aliphatic carboxylic acids is 1. The molecule has 0 saturated heterocycles. The van der Waals surface area contributed by atoms with Crippen molar-refractivity contribution in [1.82, 2.24) is 10.6 Å². The van der Waals surface area contributed by atoms with Crippen LogP contribution in [0.4, 0.5) is 4.79 Å². The smallest absolute Gasteiger partial charge is 0.407 e.